The molecule has 5 heteroatoms. The summed E-state index contributed by atoms with van der Waals surface area (Å²) in [6.45, 7) is 5.63. The molecule has 1 aromatic rings. The first-order chi connectivity index (χ1) is 9.89. The van der Waals surface area contributed by atoms with Gasteiger partial charge in [-0.1, -0.05) is 25.1 Å². The monoisotopic (exact) mass is 292 g/mol. The lowest BCUT2D eigenvalue weighted by Crippen LogP contribution is -2.68. The SMILES string of the molecule is CCC1(C)NC(=O)C(C)N(CCc2ccccc2F)C1=O. The van der Waals surface area contributed by atoms with Crippen LogP contribution in [0.5, 0.6) is 0 Å². The molecule has 4 nitrogen and oxygen atoms in total. The van der Waals surface area contributed by atoms with Gasteiger partial charge < -0.3 is 10.2 Å². The van der Waals surface area contributed by atoms with Gasteiger partial charge in [-0.05, 0) is 38.3 Å². The number of benzene rings is 1. The van der Waals surface area contributed by atoms with Crippen LogP contribution in [0.25, 0.3) is 0 Å². The van der Waals surface area contributed by atoms with E-state index in [9.17, 15) is 14.0 Å². The zero-order chi connectivity index (χ0) is 15.6. The van der Waals surface area contributed by atoms with E-state index in [0.717, 1.165) is 0 Å². The quantitative estimate of drug-likeness (QED) is 0.921. The van der Waals surface area contributed by atoms with Gasteiger partial charge in [0.2, 0.25) is 11.8 Å². The van der Waals surface area contributed by atoms with Gasteiger partial charge in [0.15, 0.2) is 0 Å². The van der Waals surface area contributed by atoms with E-state index in [0.29, 0.717) is 24.9 Å². The molecule has 114 valence electrons. The molecule has 2 rings (SSSR count). The maximum Gasteiger partial charge on any atom is 0.248 e. The summed E-state index contributed by atoms with van der Waals surface area (Å²) in [6, 6.07) is 5.98. The molecule has 0 aliphatic carbocycles. The van der Waals surface area contributed by atoms with E-state index in [1.165, 1.54) is 6.07 Å². The number of rotatable bonds is 4. The number of hydrogen-bond donors (Lipinski definition) is 1. The average Bonchev–Trinajstić information content (AvgIpc) is 2.47. The third kappa shape index (κ3) is 2.91. The summed E-state index contributed by atoms with van der Waals surface area (Å²) < 4.78 is 13.7. The summed E-state index contributed by atoms with van der Waals surface area (Å²) in [7, 11) is 0. The molecule has 21 heavy (non-hydrogen) atoms. The maximum absolute atomic E-state index is 13.7. The highest BCUT2D eigenvalue weighted by Crippen LogP contribution is 2.22. The normalized spacial score (nSPS) is 25.9. The third-order valence-electron chi connectivity index (χ3n) is 4.27. The van der Waals surface area contributed by atoms with Crippen molar-refractivity contribution in [3.05, 3.63) is 35.6 Å². The van der Waals surface area contributed by atoms with E-state index >= 15 is 0 Å². The molecule has 0 radical (unpaired) electrons. The highest BCUT2D eigenvalue weighted by atomic mass is 19.1. The van der Waals surface area contributed by atoms with Crippen molar-refractivity contribution in [3.63, 3.8) is 0 Å². The molecule has 0 saturated carbocycles. The summed E-state index contributed by atoms with van der Waals surface area (Å²) in [6.07, 6.45) is 0.927. The Kier molecular flexibility index (Phi) is 4.30. The van der Waals surface area contributed by atoms with Crippen molar-refractivity contribution in [2.24, 2.45) is 0 Å². The molecule has 0 spiro atoms. The number of nitrogens with zero attached hydrogens (tertiary/aromatic N) is 1. The topological polar surface area (TPSA) is 49.4 Å². The molecule has 1 heterocycles. The highest BCUT2D eigenvalue weighted by Gasteiger charge is 2.44. The minimum Gasteiger partial charge on any atom is -0.340 e. The molecule has 0 aromatic heterocycles. The van der Waals surface area contributed by atoms with E-state index in [4.69, 9.17) is 0 Å². The van der Waals surface area contributed by atoms with Crippen LogP contribution in [0.1, 0.15) is 32.8 Å². The maximum atomic E-state index is 13.7. The van der Waals surface area contributed by atoms with Crippen molar-refractivity contribution in [3.8, 4) is 0 Å². The predicted octanol–water partition coefficient (Wildman–Crippen LogP) is 1.88. The van der Waals surface area contributed by atoms with Gasteiger partial charge >= 0.3 is 0 Å². The van der Waals surface area contributed by atoms with Crippen molar-refractivity contribution in [1.82, 2.24) is 10.2 Å². The first-order valence-electron chi connectivity index (χ1n) is 7.25. The van der Waals surface area contributed by atoms with Crippen LogP contribution in [0.3, 0.4) is 0 Å². The molecular formula is C16H21FN2O2. The van der Waals surface area contributed by atoms with E-state index in [1.807, 2.05) is 6.92 Å². The molecule has 1 aliphatic heterocycles. The Morgan fingerprint density at radius 2 is 2.00 bits per heavy atom. The fraction of sp³-hybridized carbons (Fsp3) is 0.500. The van der Waals surface area contributed by atoms with E-state index in [2.05, 4.69) is 5.32 Å². The number of amides is 2. The molecule has 1 aliphatic rings. The Labute approximate surface area is 124 Å². The number of piperazine rings is 1. The van der Waals surface area contributed by atoms with Crippen molar-refractivity contribution in [2.45, 2.75) is 45.2 Å². The Morgan fingerprint density at radius 3 is 2.62 bits per heavy atom. The lowest BCUT2D eigenvalue weighted by atomic mass is 9.92. The van der Waals surface area contributed by atoms with E-state index < -0.39 is 11.6 Å². The van der Waals surface area contributed by atoms with Crippen LogP contribution in [0.15, 0.2) is 24.3 Å². The number of halogens is 1. The standard InChI is InChI=1S/C16H21FN2O2/c1-4-16(3)15(21)19(11(2)14(20)18-16)10-9-12-7-5-6-8-13(12)17/h5-8,11H,4,9-10H2,1-3H3,(H,18,20). The van der Waals surface area contributed by atoms with Crippen LogP contribution in [0.4, 0.5) is 4.39 Å². The summed E-state index contributed by atoms with van der Waals surface area (Å²) in [5.41, 5.74) is -0.305. The average molecular weight is 292 g/mol. The van der Waals surface area contributed by atoms with Crippen molar-refractivity contribution >= 4 is 11.8 Å². The summed E-state index contributed by atoms with van der Waals surface area (Å²) in [4.78, 5) is 26.1. The Bertz CT molecular complexity index is 561. The second-order valence-electron chi connectivity index (χ2n) is 5.69. The lowest BCUT2D eigenvalue weighted by Gasteiger charge is -2.43. The Hall–Kier alpha value is -1.91. The number of nitrogens with one attached hydrogen (secondary N) is 1. The fourth-order valence-electron chi connectivity index (χ4n) is 2.54. The van der Waals surface area contributed by atoms with Gasteiger partial charge in [-0.15, -0.1) is 0 Å². The molecule has 2 atom stereocenters. The van der Waals surface area contributed by atoms with Crippen LogP contribution < -0.4 is 5.32 Å². The van der Waals surface area contributed by atoms with Crippen LogP contribution in [0, 0.1) is 5.82 Å². The van der Waals surface area contributed by atoms with Crippen LogP contribution in [0.2, 0.25) is 0 Å². The number of hydrogen-bond acceptors (Lipinski definition) is 2. The Balaban J connectivity index is 2.15. The Morgan fingerprint density at radius 1 is 1.33 bits per heavy atom. The van der Waals surface area contributed by atoms with Crippen molar-refractivity contribution in [1.29, 1.82) is 0 Å². The van der Waals surface area contributed by atoms with Gasteiger partial charge in [0.25, 0.3) is 0 Å². The third-order valence-corrected chi connectivity index (χ3v) is 4.27. The molecule has 1 fully saturated rings. The van der Waals surface area contributed by atoms with Gasteiger partial charge in [0.05, 0.1) is 0 Å². The molecule has 1 N–H and O–H groups in total. The van der Waals surface area contributed by atoms with E-state index in [-0.39, 0.29) is 17.6 Å². The first-order valence-corrected chi connectivity index (χ1v) is 7.25. The van der Waals surface area contributed by atoms with Crippen molar-refractivity contribution < 1.29 is 14.0 Å². The van der Waals surface area contributed by atoms with Crippen molar-refractivity contribution in [2.75, 3.05) is 6.54 Å². The van der Waals surface area contributed by atoms with Gasteiger partial charge in [-0.2, -0.15) is 0 Å². The second-order valence-corrected chi connectivity index (χ2v) is 5.69. The molecule has 1 saturated heterocycles. The van der Waals surface area contributed by atoms with Crippen LogP contribution in [-0.4, -0.2) is 34.8 Å². The zero-order valence-corrected chi connectivity index (χ0v) is 12.6. The summed E-state index contributed by atoms with van der Waals surface area (Å²) in [5, 5.41) is 2.78. The smallest absolute Gasteiger partial charge is 0.248 e. The molecule has 1 aromatic carbocycles. The van der Waals surface area contributed by atoms with Gasteiger partial charge in [0.1, 0.15) is 17.4 Å². The van der Waals surface area contributed by atoms with Gasteiger partial charge in [0, 0.05) is 6.54 Å². The number of carbonyl (C=O) groups is 2. The zero-order valence-electron chi connectivity index (χ0n) is 12.6. The number of carbonyl (C=O) groups excluding carboxylic acids is 2. The van der Waals surface area contributed by atoms with Crippen LogP contribution >= 0.6 is 0 Å². The summed E-state index contributed by atoms with van der Waals surface area (Å²) >= 11 is 0. The minimum atomic E-state index is -0.862. The second kappa shape index (κ2) is 5.84. The van der Waals surface area contributed by atoms with E-state index in [1.54, 1.807) is 36.9 Å². The lowest BCUT2D eigenvalue weighted by molar-refractivity contribution is -0.153. The van der Waals surface area contributed by atoms with Gasteiger partial charge in [-0.3, -0.25) is 9.59 Å². The first kappa shape index (κ1) is 15.5. The molecule has 2 unspecified atom stereocenters. The minimum absolute atomic E-state index is 0.103. The van der Waals surface area contributed by atoms with Crippen LogP contribution in [-0.2, 0) is 16.0 Å². The predicted molar refractivity (Wildman–Crippen MR) is 78.1 cm³/mol. The largest absolute Gasteiger partial charge is 0.340 e. The summed E-state index contributed by atoms with van der Waals surface area (Å²) in [5.74, 6) is -0.543. The molecule has 2 amide bonds. The molecule has 0 bridgehead atoms. The fourth-order valence-corrected chi connectivity index (χ4v) is 2.54. The highest BCUT2D eigenvalue weighted by molar-refractivity contribution is 5.99. The molecular weight excluding hydrogens is 271 g/mol. The van der Waals surface area contributed by atoms with Gasteiger partial charge in [-0.25, -0.2) is 4.39 Å².